The van der Waals surface area contributed by atoms with Gasteiger partial charge in [0, 0.05) is 5.56 Å². The lowest BCUT2D eigenvalue weighted by Crippen LogP contribution is -2.44. The van der Waals surface area contributed by atoms with E-state index in [1.807, 2.05) is 18.2 Å². The molecule has 0 unspecified atom stereocenters. The first kappa shape index (κ1) is 14.9. The van der Waals surface area contributed by atoms with Crippen LogP contribution in [0.15, 0.2) is 31.4 Å². The fourth-order valence-corrected chi connectivity index (χ4v) is 2.23. The van der Waals surface area contributed by atoms with E-state index >= 15 is 0 Å². The smallest absolute Gasteiger partial charge is 0.184 e. The summed E-state index contributed by atoms with van der Waals surface area (Å²) in [6.45, 7) is 7.76. The second-order valence-electron chi connectivity index (χ2n) is 5.03. The Labute approximate surface area is 119 Å². The van der Waals surface area contributed by atoms with Crippen LogP contribution in [0, 0.1) is 5.41 Å². The summed E-state index contributed by atoms with van der Waals surface area (Å²) in [6, 6.07) is 5.77. The van der Waals surface area contributed by atoms with Gasteiger partial charge in [0.25, 0.3) is 0 Å². The molecule has 4 nitrogen and oxygen atoms in total. The Balaban J connectivity index is 2.23. The first-order valence-corrected chi connectivity index (χ1v) is 6.52. The molecular weight excluding hydrogens is 256 g/mol. The minimum atomic E-state index is -0.721. The van der Waals surface area contributed by atoms with Gasteiger partial charge in [-0.2, -0.15) is 0 Å². The van der Waals surface area contributed by atoms with Gasteiger partial charge in [-0.1, -0.05) is 43.5 Å². The summed E-state index contributed by atoms with van der Waals surface area (Å²) in [6.07, 6.45) is 2.99. The minimum absolute atomic E-state index is 0.169. The van der Waals surface area contributed by atoms with Crippen molar-refractivity contribution in [3.63, 3.8) is 0 Å². The summed E-state index contributed by atoms with van der Waals surface area (Å²) in [5.74, 6) is 0. The van der Waals surface area contributed by atoms with E-state index in [2.05, 4.69) is 13.2 Å². The van der Waals surface area contributed by atoms with Crippen LogP contribution in [-0.4, -0.2) is 36.6 Å². The number of aliphatic hydroxyl groups is 2. The lowest BCUT2D eigenvalue weighted by molar-refractivity contribution is -0.248. The number of aliphatic hydroxyl groups excluding tert-OH is 2. The molecule has 0 spiro atoms. The third-order valence-electron chi connectivity index (χ3n) is 3.60. The van der Waals surface area contributed by atoms with Gasteiger partial charge in [-0.25, -0.2) is 0 Å². The fraction of sp³-hybridized carbons (Fsp3) is 0.375. The van der Waals surface area contributed by atoms with Gasteiger partial charge in [-0.3, -0.25) is 0 Å². The van der Waals surface area contributed by atoms with E-state index in [0.717, 1.165) is 16.7 Å². The lowest BCUT2D eigenvalue weighted by atomic mass is 9.91. The Bertz CT molecular complexity index is 481. The lowest BCUT2D eigenvalue weighted by Gasteiger charge is -2.37. The van der Waals surface area contributed by atoms with Gasteiger partial charge in [0.05, 0.1) is 31.8 Å². The number of benzene rings is 1. The van der Waals surface area contributed by atoms with Crippen LogP contribution >= 0.6 is 0 Å². The van der Waals surface area contributed by atoms with Crippen molar-refractivity contribution >= 4 is 12.2 Å². The van der Waals surface area contributed by atoms with Crippen LogP contribution in [0.5, 0.6) is 0 Å². The fourth-order valence-electron chi connectivity index (χ4n) is 2.23. The van der Waals surface area contributed by atoms with E-state index in [1.54, 1.807) is 12.2 Å². The van der Waals surface area contributed by atoms with E-state index in [9.17, 15) is 10.2 Å². The summed E-state index contributed by atoms with van der Waals surface area (Å²) >= 11 is 0. The number of hydrogen-bond acceptors (Lipinski definition) is 4. The van der Waals surface area contributed by atoms with Gasteiger partial charge in [0.15, 0.2) is 6.29 Å². The number of rotatable bonds is 5. The van der Waals surface area contributed by atoms with Crippen molar-refractivity contribution in [3.05, 3.63) is 48.0 Å². The highest BCUT2D eigenvalue weighted by atomic mass is 16.7. The predicted octanol–water partition coefficient (Wildman–Crippen LogP) is 1.99. The van der Waals surface area contributed by atoms with Crippen molar-refractivity contribution in [2.45, 2.75) is 6.29 Å². The molecule has 1 aromatic rings. The van der Waals surface area contributed by atoms with E-state index in [0.29, 0.717) is 0 Å². The maximum Gasteiger partial charge on any atom is 0.184 e. The maximum atomic E-state index is 9.33. The van der Waals surface area contributed by atoms with Gasteiger partial charge in [-0.05, 0) is 11.1 Å². The third-order valence-corrected chi connectivity index (χ3v) is 3.60. The molecule has 4 heteroatoms. The highest BCUT2D eigenvalue weighted by molar-refractivity contribution is 5.66. The number of ether oxygens (including phenoxy) is 2. The highest BCUT2D eigenvalue weighted by Crippen LogP contribution is 2.34. The molecule has 0 amide bonds. The van der Waals surface area contributed by atoms with Crippen LogP contribution in [0.1, 0.15) is 23.0 Å². The highest BCUT2D eigenvalue weighted by Gasteiger charge is 2.37. The largest absolute Gasteiger partial charge is 0.396 e. The molecule has 2 N–H and O–H groups in total. The molecule has 0 atom stereocenters. The molecule has 1 heterocycles. The van der Waals surface area contributed by atoms with E-state index in [4.69, 9.17) is 9.47 Å². The number of hydrogen-bond donors (Lipinski definition) is 2. The maximum absolute atomic E-state index is 9.33. The van der Waals surface area contributed by atoms with E-state index in [1.165, 1.54) is 0 Å². The molecule has 0 radical (unpaired) electrons. The molecule has 1 saturated heterocycles. The molecular formula is C16H20O4. The summed E-state index contributed by atoms with van der Waals surface area (Å²) in [5.41, 5.74) is 2.04. The molecule has 0 bridgehead atoms. The quantitative estimate of drug-likeness (QED) is 0.863. The molecule has 2 rings (SSSR count). The first-order valence-electron chi connectivity index (χ1n) is 6.52. The zero-order chi connectivity index (χ0) is 14.6. The van der Waals surface area contributed by atoms with Crippen LogP contribution in [0.2, 0.25) is 0 Å². The summed E-state index contributed by atoms with van der Waals surface area (Å²) in [4.78, 5) is 0. The normalized spacial score (nSPS) is 18.7. The zero-order valence-electron chi connectivity index (χ0n) is 11.4. The standard InChI is InChI=1S/C16H20O4/c1-3-12-6-5-7-14(13(12)4-2)15-19-10-16(8-17,9-18)11-20-15/h3-7,15,17-18H,1-2,8-11H2. The van der Waals surface area contributed by atoms with Crippen molar-refractivity contribution in [3.8, 4) is 0 Å². The molecule has 108 valence electrons. The summed E-state index contributed by atoms with van der Waals surface area (Å²) in [5, 5.41) is 18.7. The average Bonchev–Trinajstić information content (AvgIpc) is 2.54. The average molecular weight is 276 g/mol. The first-order chi connectivity index (χ1) is 9.69. The summed E-state index contributed by atoms with van der Waals surface area (Å²) in [7, 11) is 0. The van der Waals surface area contributed by atoms with Crippen molar-refractivity contribution in [2.75, 3.05) is 26.4 Å². The predicted molar refractivity (Wildman–Crippen MR) is 77.9 cm³/mol. The van der Waals surface area contributed by atoms with Crippen LogP contribution in [0.25, 0.3) is 12.2 Å². The topological polar surface area (TPSA) is 58.9 Å². The Morgan fingerprint density at radius 2 is 1.80 bits per heavy atom. The van der Waals surface area contributed by atoms with Crippen LogP contribution in [-0.2, 0) is 9.47 Å². The van der Waals surface area contributed by atoms with E-state index < -0.39 is 11.7 Å². The van der Waals surface area contributed by atoms with Gasteiger partial charge >= 0.3 is 0 Å². The van der Waals surface area contributed by atoms with E-state index in [-0.39, 0.29) is 26.4 Å². The zero-order valence-corrected chi connectivity index (χ0v) is 11.4. The van der Waals surface area contributed by atoms with Gasteiger partial charge in [0.1, 0.15) is 0 Å². The van der Waals surface area contributed by atoms with Crippen LogP contribution < -0.4 is 0 Å². The van der Waals surface area contributed by atoms with Gasteiger partial charge in [-0.15, -0.1) is 0 Å². The molecule has 0 aliphatic carbocycles. The summed E-state index contributed by atoms with van der Waals surface area (Å²) < 4.78 is 11.4. The van der Waals surface area contributed by atoms with Crippen molar-refractivity contribution in [2.24, 2.45) is 5.41 Å². The monoisotopic (exact) mass is 276 g/mol. The molecule has 1 fully saturated rings. The minimum Gasteiger partial charge on any atom is -0.396 e. The SMILES string of the molecule is C=Cc1cccc(C2OCC(CO)(CO)CO2)c1C=C. The van der Waals surface area contributed by atoms with Crippen LogP contribution in [0.4, 0.5) is 0 Å². The van der Waals surface area contributed by atoms with Gasteiger partial charge in [0.2, 0.25) is 0 Å². The molecule has 1 aliphatic heterocycles. The van der Waals surface area contributed by atoms with Crippen molar-refractivity contribution in [1.82, 2.24) is 0 Å². The molecule has 0 aromatic heterocycles. The Kier molecular flexibility index (Phi) is 4.73. The molecule has 0 saturated carbocycles. The molecule has 20 heavy (non-hydrogen) atoms. The van der Waals surface area contributed by atoms with Crippen molar-refractivity contribution in [1.29, 1.82) is 0 Å². The second-order valence-corrected chi connectivity index (χ2v) is 5.03. The third kappa shape index (κ3) is 2.69. The Hall–Kier alpha value is -1.46. The molecule has 1 aromatic carbocycles. The Morgan fingerprint density at radius 3 is 2.30 bits per heavy atom. The molecule has 1 aliphatic rings. The Morgan fingerprint density at radius 1 is 1.15 bits per heavy atom. The van der Waals surface area contributed by atoms with Crippen LogP contribution in [0.3, 0.4) is 0 Å². The second kappa shape index (κ2) is 6.33. The van der Waals surface area contributed by atoms with Gasteiger partial charge < -0.3 is 19.7 Å². The van der Waals surface area contributed by atoms with Crippen molar-refractivity contribution < 1.29 is 19.7 Å².